The van der Waals surface area contributed by atoms with Gasteiger partial charge in [-0.15, -0.1) is 0 Å². The Morgan fingerprint density at radius 2 is 1.93 bits per heavy atom. The van der Waals surface area contributed by atoms with Gasteiger partial charge in [0.05, 0.1) is 12.4 Å². The van der Waals surface area contributed by atoms with Gasteiger partial charge in [-0.25, -0.2) is 0 Å². The minimum Gasteiger partial charge on any atom is -0.361 e. The van der Waals surface area contributed by atoms with Crippen LogP contribution in [0.2, 0.25) is 0 Å². The number of fused-ring (bicyclic) bond motifs is 1. The van der Waals surface area contributed by atoms with Crippen molar-refractivity contribution in [1.29, 1.82) is 0 Å². The summed E-state index contributed by atoms with van der Waals surface area (Å²) in [5.41, 5.74) is 2.25. The maximum Gasteiger partial charge on any atom is 0.261 e. The van der Waals surface area contributed by atoms with Crippen molar-refractivity contribution in [2.75, 3.05) is 39.5 Å². The maximum absolute atomic E-state index is 12.7. The van der Waals surface area contributed by atoms with Gasteiger partial charge in [0, 0.05) is 43.3 Å². The second-order valence-corrected chi connectivity index (χ2v) is 8.33. The van der Waals surface area contributed by atoms with E-state index in [1.165, 1.54) is 5.39 Å². The molecule has 2 aromatic rings. The van der Waals surface area contributed by atoms with Crippen LogP contribution in [0.25, 0.3) is 10.9 Å². The molecule has 1 aromatic carbocycles. The lowest BCUT2D eigenvalue weighted by atomic mass is 10.0. The van der Waals surface area contributed by atoms with Crippen molar-refractivity contribution in [3.05, 3.63) is 36.0 Å². The lowest BCUT2D eigenvalue weighted by Gasteiger charge is -2.37. The van der Waals surface area contributed by atoms with E-state index in [9.17, 15) is 13.2 Å². The van der Waals surface area contributed by atoms with Crippen LogP contribution in [-0.2, 0) is 19.6 Å². The zero-order chi connectivity index (χ0) is 20.9. The minimum atomic E-state index is -3.67. The van der Waals surface area contributed by atoms with Gasteiger partial charge in [0.2, 0.25) is 0 Å². The predicted octanol–water partition coefficient (Wildman–Crippen LogP) is 1.91. The first-order chi connectivity index (χ1) is 13.1. The highest BCUT2D eigenvalue weighted by Gasteiger charge is 2.34. The van der Waals surface area contributed by atoms with Crippen molar-refractivity contribution in [2.24, 2.45) is 0 Å². The summed E-state index contributed by atoms with van der Waals surface area (Å²) in [5.74, 6) is 0.0905. The molecule has 1 saturated heterocycles. The first kappa shape index (κ1) is 22.4. The number of nitrogens with zero attached hydrogens (tertiary/aromatic N) is 2. The molecule has 0 saturated carbocycles. The monoisotopic (exact) mass is 411 g/mol. The van der Waals surface area contributed by atoms with Crippen LogP contribution >= 0.6 is 0 Å². The topological polar surface area (TPSA) is 103 Å². The van der Waals surface area contributed by atoms with Crippen molar-refractivity contribution >= 4 is 26.9 Å². The van der Waals surface area contributed by atoms with Gasteiger partial charge in [-0.3, -0.25) is 9.35 Å². The summed E-state index contributed by atoms with van der Waals surface area (Å²) in [7, 11) is -1.62. The summed E-state index contributed by atoms with van der Waals surface area (Å²) in [6, 6.07) is 8.26. The van der Waals surface area contributed by atoms with Gasteiger partial charge < -0.3 is 19.5 Å². The number of rotatable bonds is 4. The summed E-state index contributed by atoms with van der Waals surface area (Å²) in [4.78, 5) is 19.9. The summed E-state index contributed by atoms with van der Waals surface area (Å²) < 4.78 is 32.1. The molecule has 156 valence electrons. The molecule has 2 unspecified atom stereocenters. The number of aromatic amines is 1. The predicted molar refractivity (Wildman–Crippen MR) is 109 cm³/mol. The van der Waals surface area contributed by atoms with E-state index in [2.05, 4.69) is 35.1 Å². The first-order valence-corrected chi connectivity index (χ1v) is 11.1. The van der Waals surface area contributed by atoms with E-state index < -0.39 is 16.2 Å². The molecule has 9 heteroatoms. The molecule has 1 fully saturated rings. The molecule has 0 radical (unpaired) electrons. The molecule has 0 spiro atoms. The number of benzene rings is 1. The average Bonchev–Trinajstić information content (AvgIpc) is 3.09. The fourth-order valence-electron chi connectivity index (χ4n) is 3.36. The van der Waals surface area contributed by atoms with Gasteiger partial charge in [0.1, 0.15) is 6.10 Å². The summed E-state index contributed by atoms with van der Waals surface area (Å²) in [6.07, 6.45) is 2.18. The number of carbonyl (C=O) groups excluding carboxylic acids is 1. The van der Waals surface area contributed by atoms with Gasteiger partial charge in [-0.05, 0) is 38.6 Å². The Balaban J connectivity index is 0.000000500. The molecule has 1 aliphatic rings. The van der Waals surface area contributed by atoms with E-state index in [0.717, 1.165) is 30.7 Å². The molecule has 0 aliphatic carbocycles. The van der Waals surface area contributed by atoms with Crippen LogP contribution in [0, 0.1) is 0 Å². The highest BCUT2D eigenvalue weighted by Crippen LogP contribution is 2.30. The Morgan fingerprint density at radius 3 is 2.54 bits per heavy atom. The van der Waals surface area contributed by atoms with E-state index in [-0.39, 0.29) is 12.0 Å². The average molecular weight is 412 g/mol. The molecule has 8 nitrogen and oxygen atoms in total. The third-order valence-electron chi connectivity index (χ3n) is 4.61. The number of amides is 1. The largest absolute Gasteiger partial charge is 0.361 e. The SMILES string of the molecule is CCN(CC)C(=O)C1CN(C)CC(c2cccc3[nH]ccc23)O1.CS(=O)(=O)O. The van der Waals surface area contributed by atoms with Crippen LogP contribution in [0.3, 0.4) is 0 Å². The normalized spacial score (nSPS) is 20.5. The van der Waals surface area contributed by atoms with Crippen LogP contribution in [0.4, 0.5) is 0 Å². The number of hydrogen-bond acceptors (Lipinski definition) is 5. The molecule has 3 rings (SSSR count). The van der Waals surface area contributed by atoms with Crippen LogP contribution in [0.1, 0.15) is 25.5 Å². The van der Waals surface area contributed by atoms with Gasteiger partial charge in [-0.1, -0.05) is 12.1 Å². The Bertz CT molecular complexity index is 884. The zero-order valence-electron chi connectivity index (χ0n) is 16.8. The lowest BCUT2D eigenvalue weighted by molar-refractivity contribution is -0.156. The summed E-state index contributed by atoms with van der Waals surface area (Å²) in [5, 5.41) is 1.17. The first-order valence-electron chi connectivity index (χ1n) is 9.25. The van der Waals surface area contributed by atoms with Crippen LogP contribution in [0.15, 0.2) is 30.5 Å². The summed E-state index contributed by atoms with van der Waals surface area (Å²) >= 11 is 0. The quantitative estimate of drug-likeness (QED) is 0.745. The van der Waals surface area contributed by atoms with Crippen molar-refractivity contribution in [3.63, 3.8) is 0 Å². The minimum absolute atomic E-state index is 0.0854. The molecule has 1 amide bonds. The van der Waals surface area contributed by atoms with Crippen molar-refractivity contribution in [2.45, 2.75) is 26.1 Å². The Kier molecular flexibility index (Phi) is 7.59. The fraction of sp³-hybridized carbons (Fsp3) is 0.526. The van der Waals surface area contributed by atoms with Gasteiger partial charge in [-0.2, -0.15) is 8.42 Å². The number of H-pyrrole nitrogens is 1. The van der Waals surface area contributed by atoms with Crippen molar-refractivity contribution in [3.8, 4) is 0 Å². The smallest absolute Gasteiger partial charge is 0.261 e. The van der Waals surface area contributed by atoms with E-state index >= 15 is 0 Å². The molecule has 1 aromatic heterocycles. The third-order valence-corrected chi connectivity index (χ3v) is 4.61. The number of aromatic nitrogens is 1. The summed E-state index contributed by atoms with van der Waals surface area (Å²) in [6.45, 7) is 6.90. The molecular formula is C19H29N3O5S. The molecule has 28 heavy (non-hydrogen) atoms. The van der Waals surface area contributed by atoms with E-state index in [1.54, 1.807) is 0 Å². The molecule has 1 aliphatic heterocycles. The number of morpholine rings is 1. The van der Waals surface area contributed by atoms with Gasteiger partial charge >= 0.3 is 0 Å². The number of hydrogen-bond donors (Lipinski definition) is 2. The fourth-order valence-corrected chi connectivity index (χ4v) is 3.36. The standard InChI is InChI=1S/C18H25N3O2.CH4O3S/c1-4-21(5-2)18(22)17-12-20(3)11-16(23-17)14-7-6-8-15-13(14)9-10-19-15;1-5(2,3)4/h6-10,16-17,19H,4-5,11-12H2,1-3H3;1H3,(H,2,3,4). The third kappa shape index (κ3) is 6.03. The van der Waals surface area contributed by atoms with Crippen molar-refractivity contribution < 1.29 is 22.5 Å². The number of likely N-dealkylation sites (N-methyl/N-ethyl adjacent to an activating group) is 2. The molecule has 2 atom stereocenters. The Labute approximate surface area is 166 Å². The van der Waals surface area contributed by atoms with Gasteiger partial charge in [0.25, 0.3) is 16.0 Å². The van der Waals surface area contributed by atoms with Crippen LogP contribution in [-0.4, -0.2) is 79.2 Å². The van der Waals surface area contributed by atoms with E-state index in [0.29, 0.717) is 12.8 Å². The second-order valence-electron chi connectivity index (χ2n) is 6.86. The Morgan fingerprint density at radius 1 is 1.29 bits per heavy atom. The lowest BCUT2D eigenvalue weighted by Crippen LogP contribution is -2.50. The van der Waals surface area contributed by atoms with Crippen LogP contribution in [0.5, 0.6) is 0 Å². The second kappa shape index (κ2) is 9.51. The Hall–Kier alpha value is -1.94. The number of carbonyl (C=O) groups is 1. The highest BCUT2D eigenvalue weighted by molar-refractivity contribution is 7.85. The number of nitrogens with one attached hydrogen (secondary N) is 1. The molecule has 2 heterocycles. The molecule has 2 N–H and O–H groups in total. The van der Waals surface area contributed by atoms with Gasteiger partial charge in [0.15, 0.2) is 0 Å². The zero-order valence-corrected chi connectivity index (χ0v) is 17.6. The van der Waals surface area contributed by atoms with Crippen molar-refractivity contribution in [1.82, 2.24) is 14.8 Å². The van der Waals surface area contributed by atoms with Crippen LogP contribution < -0.4 is 0 Å². The van der Waals surface area contributed by atoms with E-state index in [1.807, 2.05) is 31.0 Å². The van der Waals surface area contributed by atoms with E-state index in [4.69, 9.17) is 9.29 Å². The maximum atomic E-state index is 12.7. The highest BCUT2D eigenvalue weighted by atomic mass is 32.2. The molecular weight excluding hydrogens is 382 g/mol. The number of ether oxygens (including phenoxy) is 1. The molecule has 0 bridgehead atoms.